The van der Waals surface area contributed by atoms with E-state index in [0.717, 1.165) is 11.3 Å². The summed E-state index contributed by atoms with van der Waals surface area (Å²) < 4.78 is 11.5. The predicted octanol–water partition coefficient (Wildman–Crippen LogP) is 2.52. The molecule has 0 aliphatic carbocycles. The Bertz CT molecular complexity index is 864. The molecule has 2 aromatic rings. The van der Waals surface area contributed by atoms with E-state index in [-0.39, 0.29) is 17.9 Å². The number of morpholine rings is 1. The number of para-hydroxylation sites is 1. The Balaban J connectivity index is 1.56. The topological polar surface area (TPSA) is 59.1 Å². The van der Waals surface area contributed by atoms with Gasteiger partial charge in [-0.2, -0.15) is 0 Å². The molecular weight excluding hydrogens is 368 g/mol. The average molecular weight is 394 g/mol. The minimum absolute atomic E-state index is 0.0199. The molecule has 2 aromatic carbocycles. The summed E-state index contributed by atoms with van der Waals surface area (Å²) in [6, 6.07) is 16.5. The van der Waals surface area contributed by atoms with Crippen molar-refractivity contribution in [2.45, 2.75) is 25.5 Å². The van der Waals surface area contributed by atoms with E-state index in [1.807, 2.05) is 55.5 Å². The van der Waals surface area contributed by atoms with Crippen molar-refractivity contribution in [3.05, 3.63) is 65.7 Å². The zero-order chi connectivity index (χ0) is 20.2. The second-order valence-corrected chi connectivity index (χ2v) is 7.57. The van der Waals surface area contributed by atoms with Gasteiger partial charge in [-0.1, -0.05) is 35.9 Å². The fraction of sp³-hybridized carbons (Fsp3) is 0.391. The number of carbonyl (C=O) groups excluding carboxylic acids is 2. The van der Waals surface area contributed by atoms with Crippen LogP contribution in [0.5, 0.6) is 5.75 Å². The second kappa shape index (κ2) is 8.66. The van der Waals surface area contributed by atoms with Crippen LogP contribution >= 0.6 is 0 Å². The SMILES string of the molecule is Cc1cccc(C(=O)N2C[C@@H](Oc3ccccc3)C[C@@H]2C(=O)N2CCOCC2)c1. The molecule has 0 radical (unpaired) electrons. The second-order valence-electron chi connectivity index (χ2n) is 7.57. The van der Waals surface area contributed by atoms with Gasteiger partial charge in [0.15, 0.2) is 0 Å². The maximum Gasteiger partial charge on any atom is 0.254 e. The van der Waals surface area contributed by atoms with Gasteiger partial charge in [-0.05, 0) is 31.2 Å². The highest BCUT2D eigenvalue weighted by Gasteiger charge is 2.42. The van der Waals surface area contributed by atoms with Gasteiger partial charge in [-0.3, -0.25) is 9.59 Å². The summed E-state index contributed by atoms with van der Waals surface area (Å²) in [4.78, 5) is 30.0. The number of hydrogen-bond donors (Lipinski definition) is 0. The molecule has 0 saturated carbocycles. The fourth-order valence-electron chi connectivity index (χ4n) is 3.97. The molecule has 2 fully saturated rings. The monoisotopic (exact) mass is 394 g/mol. The Morgan fingerprint density at radius 1 is 1.03 bits per heavy atom. The standard InChI is InChI=1S/C23H26N2O4/c1-17-6-5-7-18(14-17)22(26)25-16-20(29-19-8-3-2-4-9-19)15-21(25)23(27)24-10-12-28-13-11-24/h2-9,14,20-21H,10-13,15-16H2,1H3/t20-,21+/m0/s1. The Labute approximate surface area is 171 Å². The number of likely N-dealkylation sites (tertiary alicyclic amines) is 1. The minimum Gasteiger partial charge on any atom is -0.488 e. The number of ether oxygens (including phenoxy) is 2. The first-order valence-corrected chi connectivity index (χ1v) is 10.1. The van der Waals surface area contributed by atoms with E-state index in [0.29, 0.717) is 44.8 Å². The number of nitrogens with zero attached hydrogens (tertiary/aromatic N) is 2. The van der Waals surface area contributed by atoms with Gasteiger partial charge in [0, 0.05) is 25.1 Å². The van der Waals surface area contributed by atoms with E-state index in [2.05, 4.69) is 0 Å². The first-order valence-electron chi connectivity index (χ1n) is 10.1. The smallest absolute Gasteiger partial charge is 0.254 e. The van der Waals surface area contributed by atoms with Crippen molar-refractivity contribution < 1.29 is 19.1 Å². The van der Waals surface area contributed by atoms with Crippen LogP contribution in [0, 0.1) is 6.92 Å². The number of carbonyl (C=O) groups is 2. The number of benzene rings is 2. The van der Waals surface area contributed by atoms with E-state index >= 15 is 0 Å². The molecule has 0 unspecified atom stereocenters. The third-order valence-electron chi connectivity index (χ3n) is 5.44. The Kier molecular flexibility index (Phi) is 5.81. The number of aryl methyl sites for hydroxylation is 1. The molecular formula is C23H26N2O4. The lowest BCUT2D eigenvalue weighted by Crippen LogP contribution is -2.51. The normalized spacial score (nSPS) is 21.8. The van der Waals surface area contributed by atoms with E-state index < -0.39 is 6.04 Å². The molecule has 2 aliphatic heterocycles. The van der Waals surface area contributed by atoms with Gasteiger partial charge in [0.05, 0.1) is 19.8 Å². The van der Waals surface area contributed by atoms with Crippen molar-refractivity contribution in [2.75, 3.05) is 32.8 Å². The van der Waals surface area contributed by atoms with Crippen LogP contribution in [0.3, 0.4) is 0 Å². The van der Waals surface area contributed by atoms with Crippen LogP contribution in [0.25, 0.3) is 0 Å². The van der Waals surface area contributed by atoms with E-state index in [1.165, 1.54) is 0 Å². The van der Waals surface area contributed by atoms with Crippen molar-refractivity contribution in [1.82, 2.24) is 9.80 Å². The molecule has 2 saturated heterocycles. The predicted molar refractivity (Wildman–Crippen MR) is 109 cm³/mol. The van der Waals surface area contributed by atoms with Gasteiger partial charge in [0.25, 0.3) is 5.91 Å². The summed E-state index contributed by atoms with van der Waals surface area (Å²) in [6.07, 6.45) is 0.268. The van der Waals surface area contributed by atoms with Gasteiger partial charge in [-0.25, -0.2) is 0 Å². The average Bonchev–Trinajstić information content (AvgIpc) is 3.17. The number of amides is 2. The van der Waals surface area contributed by atoms with Crippen LogP contribution in [-0.4, -0.2) is 66.6 Å². The van der Waals surface area contributed by atoms with Gasteiger partial charge in [0.2, 0.25) is 5.91 Å². The fourth-order valence-corrected chi connectivity index (χ4v) is 3.97. The van der Waals surface area contributed by atoms with Gasteiger partial charge in [0.1, 0.15) is 17.9 Å². The molecule has 2 aliphatic rings. The highest BCUT2D eigenvalue weighted by atomic mass is 16.5. The van der Waals surface area contributed by atoms with Crippen molar-refractivity contribution in [3.8, 4) is 5.75 Å². The molecule has 2 atom stereocenters. The lowest BCUT2D eigenvalue weighted by atomic mass is 10.1. The highest BCUT2D eigenvalue weighted by Crippen LogP contribution is 2.26. The summed E-state index contributed by atoms with van der Waals surface area (Å²) in [6.45, 7) is 4.54. The molecule has 29 heavy (non-hydrogen) atoms. The molecule has 6 heteroatoms. The van der Waals surface area contributed by atoms with E-state index in [4.69, 9.17) is 9.47 Å². The molecule has 0 aromatic heterocycles. The molecule has 0 spiro atoms. The molecule has 152 valence electrons. The molecule has 6 nitrogen and oxygen atoms in total. The van der Waals surface area contributed by atoms with Crippen molar-refractivity contribution in [2.24, 2.45) is 0 Å². The van der Waals surface area contributed by atoms with Crippen molar-refractivity contribution in [1.29, 1.82) is 0 Å². The first-order chi connectivity index (χ1) is 14.1. The Morgan fingerprint density at radius 3 is 2.52 bits per heavy atom. The quantitative estimate of drug-likeness (QED) is 0.800. The summed E-state index contributed by atoms with van der Waals surface area (Å²) in [5, 5.41) is 0. The van der Waals surface area contributed by atoms with E-state index in [9.17, 15) is 9.59 Å². The lowest BCUT2D eigenvalue weighted by Gasteiger charge is -2.32. The minimum atomic E-state index is -0.519. The highest BCUT2D eigenvalue weighted by molar-refractivity contribution is 5.98. The number of rotatable bonds is 4. The van der Waals surface area contributed by atoms with Crippen LogP contribution in [0.2, 0.25) is 0 Å². The Morgan fingerprint density at radius 2 is 1.79 bits per heavy atom. The van der Waals surface area contributed by atoms with Gasteiger partial charge >= 0.3 is 0 Å². The summed E-state index contributed by atoms with van der Waals surface area (Å²) in [5.74, 6) is 0.605. The third kappa shape index (κ3) is 4.43. The number of hydrogen-bond acceptors (Lipinski definition) is 4. The molecule has 0 bridgehead atoms. The van der Waals surface area contributed by atoms with Crippen LogP contribution in [0.15, 0.2) is 54.6 Å². The molecule has 2 heterocycles. The molecule has 0 N–H and O–H groups in total. The van der Waals surface area contributed by atoms with Gasteiger partial charge < -0.3 is 19.3 Å². The van der Waals surface area contributed by atoms with Crippen LogP contribution in [0.1, 0.15) is 22.3 Å². The third-order valence-corrected chi connectivity index (χ3v) is 5.44. The van der Waals surface area contributed by atoms with Crippen LogP contribution in [-0.2, 0) is 9.53 Å². The van der Waals surface area contributed by atoms with Gasteiger partial charge in [-0.15, -0.1) is 0 Å². The maximum absolute atomic E-state index is 13.3. The molecule has 4 rings (SSSR count). The molecule has 2 amide bonds. The van der Waals surface area contributed by atoms with Crippen LogP contribution in [0.4, 0.5) is 0 Å². The zero-order valence-electron chi connectivity index (χ0n) is 16.6. The lowest BCUT2D eigenvalue weighted by molar-refractivity contribution is -0.139. The van der Waals surface area contributed by atoms with Crippen molar-refractivity contribution in [3.63, 3.8) is 0 Å². The van der Waals surface area contributed by atoms with E-state index in [1.54, 1.807) is 15.9 Å². The summed E-state index contributed by atoms with van der Waals surface area (Å²) in [7, 11) is 0. The largest absolute Gasteiger partial charge is 0.488 e. The zero-order valence-corrected chi connectivity index (χ0v) is 16.6. The summed E-state index contributed by atoms with van der Waals surface area (Å²) >= 11 is 0. The summed E-state index contributed by atoms with van der Waals surface area (Å²) in [5.41, 5.74) is 1.62. The van der Waals surface area contributed by atoms with Crippen molar-refractivity contribution >= 4 is 11.8 Å². The van der Waals surface area contributed by atoms with Crippen LogP contribution < -0.4 is 4.74 Å². The first kappa shape index (κ1) is 19.5. The Hall–Kier alpha value is -2.86. The maximum atomic E-state index is 13.3.